The van der Waals surface area contributed by atoms with Crippen molar-refractivity contribution in [3.05, 3.63) is 65.0 Å². The lowest BCUT2D eigenvalue weighted by Gasteiger charge is -2.34. The van der Waals surface area contributed by atoms with Crippen LogP contribution in [0.4, 0.5) is 10.1 Å². The zero-order chi connectivity index (χ0) is 18.0. The molecule has 1 aliphatic heterocycles. The standard InChI is InChI=1S/C18H14FN3O3/c1-25-18(24)16-17(23)13-4-2-3-5-15(13)22(21-16)10-11-6-7-14(19)12(8-11)9-20/h2-8,16,21H,10H2,1H3. The molecular formula is C18H14FN3O3. The van der Waals surface area contributed by atoms with Gasteiger partial charge >= 0.3 is 5.97 Å². The van der Waals surface area contributed by atoms with Crippen LogP contribution >= 0.6 is 0 Å². The average molecular weight is 339 g/mol. The van der Waals surface area contributed by atoms with E-state index in [-0.39, 0.29) is 17.9 Å². The average Bonchev–Trinajstić information content (AvgIpc) is 2.64. The maximum absolute atomic E-state index is 13.5. The lowest BCUT2D eigenvalue weighted by molar-refractivity contribution is -0.141. The van der Waals surface area contributed by atoms with Gasteiger partial charge < -0.3 is 9.75 Å². The second kappa shape index (κ2) is 6.71. The van der Waals surface area contributed by atoms with Crippen molar-refractivity contribution in [2.24, 2.45) is 0 Å². The molecular weight excluding hydrogens is 325 g/mol. The fourth-order valence-electron chi connectivity index (χ4n) is 2.70. The maximum Gasteiger partial charge on any atom is 0.332 e. The van der Waals surface area contributed by atoms with Gasteiger partial charge in [0.05, 0.1) is 24.9 Å². The summed E-state index contributed by atoms with van der Waals surface area (Å²) < 4.78 is 18.2. The molecule has 0 amide bonds. The van der Waals surface area contributed by atoms with Crippen LogP contribution in [0.2, 0.25) is 0 Å². The minimum Gasteiger partial charge on any atom is -0.467 e. The van der Waals surface area contributed by atoms with Crippen molar-refractivity contribution in [3.63, 3.8) is 0 Å². The highest BCUT2D eigenvalue weighted by Crippen LogP contribution is 2.27. The van der Waals surface area contributed by atoms with Crippen molar-refractivity contribution in [2.45, 2.75) is 12.6 Å². The van der Waals surface area contributed by atoms with E-state index in [1.54, 1.807) is 41.4 Å². The number of ketones is 1. The van der Waals surface area contributed by atoms with Gasteiger partial charge in [0.1, 0.15) is 11.9 Å². The number of anilines is 1. The van der Waals surface area contributed by atoms with Crippen molar-refractivity contribution in [1.82, 2.24) is 5.43 Å². The van der Waals surface area contributed by atoms with Gasteiger partial charge in [0, 0.05) is 5.56 Å². The Morgan fingerprint density at radius 3 is 2.84 bits per heavy atom. The molecule has 7 heteroatoms. The summed E-state index contributed by atoms with van der Waals surface area (Å²) in [5, 5.41) is 10.6. The number of hydrogen-bond donors (Lipinski definition) is 1. The largest absolute Gasteiger partial charge is 0.467 e. The van der Waals surface area contributed by atoms with E-state index in [0.717, 1.165) is 0 Å². The number of para-hydroxylation sites is 1. The number of nitriles is 1. The van der Waals surface area contributed by atoms with Crippen LogP contribution in [-0.2, 0) is 16.1 Å². The molecule has 1 atom stereocenters. The first-order chi connectivity index (χ1) is 12.0. The van der Waals surface area contributed by atoms with Gasteiger partial charge in [0.2, 0.25) is 0 Å². The Bertz CT molecular complexity index is 891. The van der Waals surface area contributed by atoms with Gasteiger partial charge in [-0.1, -0.05) is 18.2 Å². The molecule has 0 bridgehead atoms. The molecule has 2 aromatic carbocycles. The van der Waals surface area contributed by atoms with Gasteiger partial charge in [-0.05, 0) is 29.8 Å². The number of benzene rings is 2. The predicted octanol–water partition coefficient (Wildman–Crippen LogP) is 1.95. The summed E-state index contributed by atoms with van der Waals surface area (Å²) in [5.74, 6) is -1.67. The number of halogens is 1. The van der Waals surface area contributed by atoms with Crippen LogP contribution in [0.1, 0.15) is 21.5 Å². The molecule has 0 spiro atoms. The number of hydrogen-bond acceptors (Lipinski definition) is 6. The van der Waals surface area contributed by atoms with Crippen LogP contribution in [0.25, 0.3) is 0 Å². The van der Waals surface area contributed by atoms with E-state index in [1.165, 1.54) is 19.2 Å². The van der Waals surface area contributed by atoms with Crippen LogP contribution in [0, 0.1) is 17.1 Å². The number of hydrazine groups is 1. The summed E-state index contributed by atoms with van der Waals surface area (Å²) >= 11 is 0. The van der Waals surface area contributed by atoms with E-state index >= 15 is 0 Å². The van der Waals surface area contributed by atoms with Gasteiger partial charge in [0.25, 0.3) is 0 Å². The van der Waals surface area contributed by atoms with Crippen molar-refractivity contribution in [2.75, 3.05) is 12.1 Å². The Balaban J connectivity index is 1.97. The topological polar surface area (TPSA) is 82.4 Å². The lowest BCUT2D eigenvalue weighted by Crippen LogP contribution is -2.56. The van der Waals surface area contributed by atoms with Crippen LogP contribution < -0.4 is 10.4 Å². The first-order valence-corrected chi connectivity index (χ1v) is 7.48. The lowest BCUT2D eigenvalue weighted by atomic mass is 9.99. The van der Waals surface area contributed by atoms with E-state index in [4.69, 9.17) is 5.26 Å². The second-order valence-corrected chi connectivity index (χ2v) is 5.48. The smallest absolute Gasteiger partial charge is 0.332 e. The number of fused-ring (bicyclic) bond motifs is 1. The Morgan fingerprint density at radius 2 is 2.12 bits per heavy atom. The molecule has 0 aromatic heterocycles. The number of rotatable bonds is 3. The number of carbonyl (C=O) groups is 2. The quantitative estimate of drug-likeness (QED) is 0.680. The molecule has 0 aliphatic carbocycles. The normalized spacial score (nSPS) is 16.1. The maximum atomic E-state index is 13.5. The molecule has 1 aliphatic rings. The highest BCUT2D eigenvalue weighted by atomic mass is 19.1. The van der Waals surface area contributed by atoms with Crippen LogP contribution in [0.15, 0.2) is 42.5 Å². The predicted molar refractivity (Wildman–Crippen MR) is 87.0 cm³/mol. The van der Waals surface area contributed by atoms with E-state index < -0.39 is 17.8 Å². The third-order valence-corrected chi connectivity index (χ3v) is 3.94. The summed E-state index contributed by atoms with van der Waals surface area (Å²) in [5.41, 5.74) is 4.41. The number of methoxy groups -OCH3 is 1. The molecule has 3 rings (SSSR count). The third-order valence-electron chi connectivity index (χ3n) is 3.94. The Morgan fingerprint density at radius 1 is 1.36 bits per heavy atom. The second-order valence-electron chi connectivity index (χ2n) is 5.48. The van der Waals surface area contributed by atoms with E-state index in [1.807, 2.05) is 0 Å². The number of Topliss-reactive ketones (excluding diaryl/α,β-unsaturated/α-hetero) is 1. The molecule has 1 N–H and O–H groups in total. The number of esters is 1. The third kappa shape index (κ3) is 3.07. The fraction of sp³-hybridized carbons (Fsp3) is 0.167. The van der Waals surface area contributed by atoms with Crippen LogP contribution in [0.3, 0.4) is 0 Å². The molecule has 25 heavy (non-hydrogen) atoms. The van der Waals surface area contributed by atoms with Crippen LogP contribution in [-0.4, -0.2) is 24.9 Å². The minimum absolute atomic E-state index is 0.0663. The van der Waals surface area contributed by atoms with Gasteiger partial charge in [-0.15, -0.1) is 0 Å². The minimum atomic E-state index is -1.16. The molecule has 1 heterocycles. The highest BCUT2D eigenvalue weighted by Gasteiger charge is 2.36. The fourth-order valence-corrected chi connectivity index (χ4v) is 2.70. The van der Waals surface area contributed by atoms with Crippen molar-refractivity contribution in [1.29, 1.82) is 5.26 Å². The van der Waals surface area contributed by atoms with Crippen molar-refractivity contribution >= 4 is 17.4 Å². The number of carbonyl (C=O) groups excluding carboxylic acids is 2. The summed E-state index contributed by atoms with van der Waals surface area (Å²) in [6.45, 7) is 0.229. The first-order valence-electron chi connectivity index (χ1n) is 7.48. The summed E-state index contributed by atoms with van der Waals surface area (Å²) in [6, 6.07) is 11.7. The van der Waals surface area contributed by atoms with Crippen molar-refractivity contribution < 1.29 is 18.7 Å². The van der Waals surface area contributed by atoms with Gasteiger partial charge in [0.15, 0.2) is 11.8 Å². The van der Waals surface area contributed by atoms with E-state index in [2.05, 4.69) is 10.2 Å². The van der Waals surface area contributed by atoms with Gasteiger partial charge in [-0.2, -0.15) is 5.26 Å². The SMILES string of the molecule is COC(=O)C1NN(Cc2ccc(F)c(C#N)c2)c2ccccc2C1=O. The summed E-state index contributed by atoms with van der Waals surface area (Å²) in [4.78, 5) is 24.4. The molecule has 126 valence electrons. The van der Waals surface area contributed by atoms with Crippen molar-refractivity contribution in [3.8, 4) is 6.07 Å². The molecule has 0 saturated carbocycles. The Hall–Kier alpha value is -3.24. The Labute approximate surface area is 143 Å². The van der Waals surface area contributed by atoms with Gasteiger partial charge in [-0.3, -0.25) is 4.79 Å². The van der Waals surface area contributed by atoms with E-state index in [0.29, 0.717) is 16.8 Å². The number of nitrogens with one attached hydrogen (secondary N) is 1. The first kappa shape index (κ1) is 16.6. The van der Waals surface area contributed by atoms with E-state index in [9.17, 15) is 14.0 Å². The summed E-state index contributed by atoms with van der Waals surface area (Å²) in [7, 11) is 1.21. The molecule has 0 fully saturated rings. The highest BCUT2D eigenvalue weighted by molar-refractivity contribution is 6.16. The Kier molecular flexibility index (Phi) is 4.46. The molecule has 2 aromatic rings. The molecule has 0 saturated heterocycles. The molecule has 0 radical (unpaired) electrons. The number of nitrogens with zero attached hydrogens (tertiary/aromatic N) is 2. The summed E-state index contributed by atoms with van der Waals surface area (Å²) in [6.07, 6.45) is 0. The van der Waals surface area contributed by atoms with Gasteiger partial charge in [-0.25, -0.2) is 14.6 Å². The number of ether oxygens (including phenoxy) is 1. The zero-order valence-corrected chi connectivity index (χ0v) is 13.3. The monoisotopic (exact) mass is 339 g/mol. The molecule has 6 nitrogen and oxygen atoms in total. The molecule has 1 unspecified atom stereocenters. The van der Waals surface area contributed by atoms with Crippen LogP contribution in [0.5, 0.6) is 0 Å². The zero-order valence-electron chi connectivity index (χ0n) is 13.3.